The average Bonchev–Trinajstić information content (AvgIpc) is 2.75. The lowest BCUT2D eigenvalue weighted by Gasteiger charge is -2.08. The van der Waals surface area contributed by atoms with E-state index < -0.39 is 17.7 Å². The Morgan fingerprint density at radius 3 is 2.48 bits per heavy atom. The Balaban J connectivity index is 1.61. The van der Waals surface area contributed by atoms with Crippen molar-refractivity contribution in [3.05, 3.63) is 93.2 Å². The van der Waals surface area contributed by atoms with Gasteiger partial charge in [0.2, 0.25) is 0 Å². The van der Waals surface area contributed by atoms with Crippen LogP contribution in [0.25, 0.3) is 0 Å². The molecule has 31 heavy (non-hydrogen) atoms. The Morgan fingerprint density at radius 1 is 1.06 bits per heavy atom. The molecule has 3 rings (SSSR count). The van der Waals surface area contributed by atoms with Crippen LogP contribution in [0.4, 0.5) is 4.39 Å². The van der Waals surface area contributed by atoms with Gasteiger partial charge in [-0.1, -0.05) is 27.5 Å². The van der Waals surface area contributed by atoms with Crippen molar-refractivity contribution in [2.45, 2.75) is 0 Å². The monoisotopic (exact) mass is 504 g/mol. The molecule has 6 nitrogen and oxygen atoms in total. The number of hydrazone groups is 1. The molecule has 1 N–H and O–H groups in total. The molecule has 0 heterocycles. The first-order chi connectivity index (χ1) is 14.9. The first kappa shape index (κ1) is 22.5. The van der Waals surface area contributed by atoms with Gasteiger partial charge in [0, 0.05) is 15.1 Å². The number of hydrogen-bond acceptors (Lipinski definition) is 5. The van der Waals surface area contributed by atoms with Crippen molar-refractivity contribution in [2.75, 3.05) is 6.61 Å². The lowest BCUT2D eigenvalue weighted by atomic mass is 10.2. The van der Waals surface area contributed by atoms with Crippen LogP contribution in [-0.2, 0) is 4.79 Å². The first-order valence-corrected chi connectivity index (χ1v) is 10.1. The lowest BCUT2D eigenvalue weighted by Crippen LogP contribution is -2.24. The van der Waals surface area contributed by atoms with E-state index in [0.717, 1.165) is 4.47 Å². The molecule has 158 valence electrons. The van der Waals surface area contributed by atoms with E-state index in [0.29, 0.717) is 21.9 Å². The molecule has 0 fully saturated rings. The maximum absolute atomic E-state index is 12.9. The van der Waals surface area contributed by atoms with E-state index in [1.807, 2.05) is 0 Å². The van der Waals surface area contributed by atoms with Crippen LogP contribution in [-0.4, -0.2) is 24.7 Å². The molecule has 3 aromatic carbocycles. The number of benzene rings is 3. The molecule has 0 atom stereocenters. The van der Waals surface area contributed by atoms with E-state index in [1.165, 1.54) is 30.5 Å². The van der Waals surface area contributed by atoms with E-state index in [4.69, 9.17) is 21.1 Å². The Labute approximate surface area is 190 Å². The quantitative estimate of drug-likeness (QED) is 0.212. The van der Waals surface area contributed by atoms with Gasteiger partial charge in [-0.05, 0) is 66.7 Å². The summed E-state index contributed by atoms with van der Waals surface area (Å²) >= 11 is 9.17. The second-order valence-corrected chi connectivity index (χ2v) is 7.47. The largest absolute Gasteiger partial charge is 0.484 e. The smallest absolute Gasteiger partial charge is 0.343 e. The van der Waals surface area contributed by atoms with Gasteiger partial charge in [0.25, 0.3) is 5.91 Å². The number of halogens is 3. The molecular formula is C22H15BrClFN2O4. The van der Waals surface area contributed by atoms with E-state index >= 15 is 0 Å². The molecular weight excluding hydrogens is 491 g/mol. The number of nitrogens with one attached hydrogen (secondary N) is 1. The minimum atomic E-state index is -0.564. The zero-order chi connectivity index (χ0) is 22.2. The van der Waals surface area contributed by atoms with Gasteiger partial charge in [0.05, 0.1) is 11.8 Å². The van der Waals surface area contributed by atoms with Crippen LogP contribution in [0.3, 0.4) is 0 Å². The fourth-order valence-corrected chi connectivity index (χ4v) is 2.85. The van der Waals surface area contributed by atoms with Gasteiger partial charge in [-0.25, -0.2) is 14.6 Å². The number of esters is 1. The maximum atomic E-state index is 12.9. The predicted octanol–water partition coefficient (Wildman–Crippen LogP) is 4.99. The molecule has 9 heteroatoms. The molecule has 0 spiro atoms. The number of nitrogens with zero attached hydrogens (tertiary/aromatic N) is 1. The third-order valence-electron chi connectivity index (χ3n) is 3.83. The minimum absolute atomic E-state index is 0.253. The Hall–Kier alpha value is -3.23. The van der Waals surface area contributed by atoms with E-state index in [2.05, 4.69) is 26.5 Å². The molecule has 0 aromatic heterocycles. The Kier molecular flexibility index (Phi) is 7.75. The fourth-order valence-electron chi connectivity index (χ4n) is 2.34. The van der Waals surface area contributed by atoms with Gasteiger partial charge in [0.1, 0.15) is 17.3 Å². The molecule has 0 aliphatic rings. The Bertz CT molecular complexity index is 1110. The highest BCUT2D eigenvalue weighted by molar-refractivity contribution is 9.10. The van der Waals surface area contributed by atoms with Crippen molar-refractivity contribution in [2.24, 2.45) is 5.10 Å². The number of rotatable bonds is 7. The van der Waals surface area contributed by atoms with Crippen molar-refractivity contribution in [3.8, 4) is 11.5 Å². The summed E-state index contributed by atoms with van der Waals surface area (Å²) in [6, 6.07) is 16.5. The molecule has 3 aromatic rings. The molecule has 0 saturated carbocycles. The van der Waals surface area contributed by atoms with Crippen LogP contribution >= 0.6 is 27.5 Å². The van der Waals surface area contributed by atoms with Crippen molar-refractivity contribution < 1.29 is 23.5 Å². The minimum Gasteiger partial charge on any atom is -0.484 e. The summed E-state index contributed by atoms with van der Waals surface area (Å²) in [6.45, 7) is -0.306. The average molecular weight is 506 g/mol. The third kappa shape index (κ3) is 6.91. The number of carbonyl (C=O) groups is 2. The van der Waals surface area contributed by atoms with Crippen LogP contribution in [0, 0.1) is 5.82 Å². The van der Waals surface area contributed by atoms with Crippen LogP contribution in [0.5, 0.6) is 11.5 Å². The zero-order valence-corrected chi connectivity index (χ0v) is 18.2. The van der Waals surface area contributed by atoms with Gasteiger partial charge in [-0.15, -0.1) is 0 Å². The van der Waals surface area contributed by atoms with Crippen molar-refractivity contribution in [3.63, 3.8) is 0 Å². The summed E-state index contributed by atoms with van der Waals surface area (Å²) in [6.07, 6.45) is 1.34. The summed E-state index contributed by atoms with van der Waals surface area (Å²) in [5.74, 6) is -0.878. The van der Waals surface area contributed by atoms with Crippen LogP contribution in [0.15, 0.2) is 76.3 Å². The van der Waals surface area contributed by atoms with Crippen molar-refractivity contribution in [1.29, 1.82) is 0 Å². The predicted molar refractivity (Wildman–Crippen MR) is 118 cm³/mol. The standard InChI is InChI=1S/C22H15BrClFN2O4/c23-16-3-10-20(31-22(29)14-1-4-17(24)5-2-14)15(11-16)12-26-27-21(28)13-30-19-8-6-18(25)7-9-19/h1-12H,13H2,(H,27,28)/b26-12+. The molecule has 0 saturated heterocycles. The SMILES string of the molecule is O=C(COc1ccc(F)cc1)N/N=C/c1cc(Br)ccc1OC(=O)c1ccc(Cl)cc1. The Morgan fingerprint density at radius 2 is 1.77 bits per heavy atom. The van der Waals surface area contributed by atoms with Gasteiger partial charge >= 0.3 is 5.97 Å². The number of hydrogen-bond donors (Lipinski definition) is 1. The molecule has 0 bridgehead atoms. The molecule has 0 aliphatic carbocycles. The highest BCUT2D eigenvalue weighted by atomic mass is 79.9. The molecule has 0 aliphatic heterocycles. The van der Waals surface area contributed by atoms with Crippen molar-refractivity contribution in [1.82, 2.24) is 5.43 Å². The molecule has 0 unspecified atom stereocenters. The van der Waals surface area contributed by atoms with Crippen LogP contribution in [0.1, 0.15) is 15.9 Å². The van der Waals surface area contributed by atoms with Gasteiger partial charge < -0.3 is 9.47 Å². The third-order valence-corrected chi connectivity index (χ3v) is 4.58. The highest BCUT2D eigenvalue weighted by Crippen LogP contribution is 2.23. The summed E-state index contributed by atoms with van der Waals surface area (Å²) in [4.78, 5) is 24.2. The molecule has 1 amide bonds. The number of ether oxygens (including phenoxy) is 2. The van der Waals surface area contributed by atoms with Gasteiger partial charge in [0.15, 0.2) is 6.61 Å². The highest BCUT2D eigenvalue weighted by Gasteiger charge is 2.12. The molecule has 0 radical (unpaired) electrons. The summed E-state index contributed by atoms with van der Waals surface area (Å²) < 4.78 is 24.3. The lowest BCUT2D eigenvalue weighted by molar-refractivity contribution is -0.123. The second-order valence-electron chi connectivity index (χ2n) is 6.11. The summed E-state index contributed by atoms with van der Waals surface area (Å²) in [5, 5.41) is 4.37. The second kappa shape index (κ2) is 10.7. The summed E-state index contributed by atoms with van der Waals surface area (Å²) in [5.41, 5.74) is 3.10. The van der Waals surface area contributed by atoms with Gasteiger partial charge in [-0.3, -0.25) is 4.79 Å². The zero-order valence-electron chi connectivity index (χ0n) is 15.8. The van der Waals surface area contributed by atoms with Crippen LogP contribution < -0.4 is 14.9 Å². The fraction of sp³-hybridized carbons (Fsp3) is 0.0455. The van der Waals surface area contributed by atoms with E-state index in [-0.39, 0.29) is 12.4 Å². The summed E-state index contributed by atoms with van der Waals surface area (Å²) in [7, 11) is 0. The number of carbonyl (C=O) groups excluding carboxylic acids is 2. The van der Waals surface area contributed by atoms with Crippen molar-refractivity contribution >= 4 is 45.6 Å². The topological polar surface area (TPSA) is 77.0 Å². The first-order valence-electron chi connectivity index (χ1n) is 8.88. The normalized spacial score (nSPS) is 10.7. The number of amides is 1. The van der Waals surface area contributed by atoms with E-state index in [9.17, 15) is 14.0 Å². The van der Waals surface area contributed by atoms with Crippen LogP contribution in [0.2, 0.25) is 5.02 Å². The van der Waals surface area contributed by atoms with Gasteiger partial charge in [-0.2, -0.15) is 5.10 Å². The van der Waals surface area contributed by atoms with E-state index in [1.54, 1.807) is 42.5 Å². The maximum Gasteiger partial charge on any atom is 0.343 e.